The Bertz CT molecular complexity index is 410. The summed E-state index contributed by atoms with van der Waals surface area (Å²) in [6, 6.07) is 9.51. The summed E-state index contributed by atoms with van der Waals surface area (Å²) in [4.78, 5) is 0. The van der Waals surface area contributed by atoms with E-state index >= 15 is 0 Å². The van der Waals surface area contributed by atoms with Crippen LogP contribution in [-0.4, -0.2) is 0 Å². The fourth-order valence-corrected chi connectivity index (χ4v) is 4.77. The zero-order valence-electron chi connectivity index (χ0n) is 13.8. The van der Waals surface area contributed by atoms with Crippen molar-refractivity contribution in [1.29, 1.82) is 0 Å². The lowest BCUT2D eigenvalue weighted by Crippen LogP contribution is -2.17. The van der Waals surface area contributed by atoms with E-state index in [4.69, 9.17) is 0 Å². The van der Waals surface area contributed by atoms with Crippen molar-refractivity contribution in [3.8, 4) is 0 Å². The van der Waals surface area contributed by atoms with Crippen molar-refractivity contribution in [1.82, 2.24) is 0 Å². The molecule has 2 aliphatic rings. The first-order valence-electron chi connectivity index (χ1n) is 9.45. The average molecular weight is 284 g/mol. The summed E-state index contributed by atoms with van der Waals surface area (Å²) in [7, 11) is 0. The van der Waals surface area contributed by atoms with E-state index in [1.807, 2.05) is 0 Å². The standard InChI is InChI=1S/C21H32/c1-2-17-11-13-21(14-12-17)20-10-6-9-19(15-16-20)18-7-4-3-5-8-18/h11-14,18-20H,2-10,15-16H2,1H3. The van der Waals surface area contributed by atoms with Gasteiger partial charge in [-0.2, -0.15) is 0 Å². The normalized spacial score (nSPS) is 28.2. The second kappa shape index (κ2) is 7.47. The number of hydrogen-bond acceptors (Lipinski definition) is 0. The summed E-state index contributed by atoms with van der Waals surface area (Å²) in [6.07, 6.45) is 16.0. The minimum absolute atomic E-state index is 0.837. The maximum absolute atomic E-state index is 2.41. The van der Waals surface area contributed by atoms with Gasteiger partial charge in [0.05, 0.1) is 0 Å². The van der Waals surface area contributed by atoms with Crippen LogP contribution in [0.2, 0.25) is 0 Å². The van der Waals surface area contributed by atoms with Gasteiger partial charge in [-0.05, 0) is 54.6 Å². The highest BCUT2D eigenvalue weighted by molar-refractivity contribution is 5.25. The molecule has 0 bridgehead atoms. The predicted octanol–water partition coefficient (Wildman–Crippen LogP) is 6.49. The molecule has 0 N–H and O–H groups in total. The van der Waals surface area contributed by atoms with Crippen LogP contribution in [-0.2, 0) is 6.42 Å². The SMILES string of the molecule is CCc1ccc(C2CCCC(C3CCCCC3)CC2)cc1. The first-order chi connectivity index (χ1) is 10.4. The third kappa shape index (κ3) is 3.90. The van der Waals surface area contributed by atoms with E-state index in [-0.39, 0.29) is 0 Å². The molecule has 1 aromatic rings. The van der Waals surface area contributed by atoms with Crippen LogP contribution in [0.3, 0.4) is 0 Å². The van der Waals surface area contributed by atoms with E-state index in [0.29, 0.717) is 0 Å². The third-order valence-electron chi connectivity index (χ3n) is 6.19. The summed E-state index contributed by atoms with van der Waals surface area (Å²) in [6.45, 7) is 2.25. The molecule has 0 nitrogen and oxygen atoms in total. The van der Waals surface area contributed by atoms with E-state index in [9.17, 15) is 0 Å². The fourth-order valence-electron chi connectivity index (χ4n) is 4.77. The number of benzene rings is 1. The maximum atomic E-state index is 2.41. The van der Waals surface area contributed by atoms with Gasteiger partial charge in [0.2, 0.25) is 0 Å². The molecule has 0 spiro atoms. The van der Waals surface area contributed by atoms with Gasteiger partial charge in [0, 0.05) is 0 Å². The van der Waals surface area contributed by atoms with Crippen LogP contribution in [0.1, 0.15) is 88.2 Å². The second-order valence-corrected chi connectivity index (χ2v) is 7.46. The maximum Gasteiger partial charge on any atom is -0.0162 e. The average Bonchev–Trinajstić information content (AvgIpc) is 2.82. The lowest BCUT2D eigenvalue weighted by molar-refractivity contribution is 0.226. The highest BCUT2D eigenvalue weighted by Gasteiger charge is 2.27. The Morgan fingerprint density at radius 1 is 0.714 bits per heavy atom. The van der Waals surface area contributed by atoms with Crippen LogP contribution in [0, 0.1) is 11.8 Å². The summed E-state index contributed by atoms with van der Waals surface area (Å²) in [5.41, 5.74) is 3.09. The lowest BCUT2D eigenvalue weighted by atomic mass is 9.76. The molecule has 116 valence electrons. The summed E-state index contributed by atoms with van der Waals surface area (Å²) < 4.78 is 0. The molecule has 0 radical (unpaired) electrons. The van der Waals surface area contributed by atoms with Crippen molar-refractivity contribution in [2.24, 2.45) is 11.8 Å². The van der Waals surface area contributed by atoms with Crippen LogP contribution < -0.4 is 0 Å². The van der Waals surface area contributed by atoms with Crippen molar-refractivity contribution in [2.75, 3.05) is 0 Å². The smallest absolute Gasteiger partial charge is 0.0162 e. The summed E-state index contributed by atoms with van der Waals surface area (Å²) in [5.74, 6) is 2.95. The molecule has 21 heavy (non-hydrogen) atoms. The van der Waals surface area contributed by atoms with Crippen molar-refractivity contribution in [2.45, 2.75) is 83.5 Å². The molecule has 2 atom stereocenters. The van der Waals surface area contributed by atoms with Gasteiger partial charge in [-0.3, -0.25) is 0 Å². The molecule has 1 aromatic carbocycles. The van der Waals surface area contributed by atoms with E-state index in [1.54, 1.807) is 5.56 Å². The topological polar surface area (TPSA) is 0 Å². The predicted molar refractivity (Wildman–Crippen MR) is 91.7 cm³/mol. The summed E-state index contributed by atoms with van der Waals surface area (Å²) >= 11 is 0. The molecule has 2 aliphatic carbocycles. The van der Waals surface area contributed by atoms with Gasteiger partial charge in [-0.15, -0.1) is 0 Å². The van der Waals surface area contributed by atoms with Crippen molar-refractivity contribution in [3.05, 3.63) is 35.4 Å². The van der Waals surface area contributed by atoms with Crippen LogP contribution in [0.15, 0.2) is 24.3 Å². The largest absolute Gasteiger partial charge is 0.0613 e. The van der Waals surface area contributed by atoms with E-state index in [2.05, 4.69) is 31.2 Å². The lowest BCUT2D eigenvalue weighted by Gasteiger charge is -2.29. The van der Waals surface area contributed by atoms with Gasteiger partial charge >= 0.3 is 0 Å². The van der Waals surface area contributed by atoms with Gasteiger partial charge < -0.3 is 0 Å². The molecule has 0 amide bonds. The molecule has 2 fully saturated rings. The highest BCUT2D eigenvalue weighted by atomic mass is 14.3. The number of rotatable bonds is 3. The Labute approximate surface area is 131 Å². The molecule has 2 unspecified atom stereocenters. The fraction of sp³-hybridized carbons (Fsp3) is 0.714. The Balaban J connectivity index is 1.59. The molecule has 2 saturated carbocycles. The monoisotopic (exact) mass is 284 g/mol. The molecule has 0 heteroatoms. The van der Waals surface area contributed by atoms with E-state index in [0.717, 1.165) is 24.2 Å². The Kier molecular flexibility index (Phi) is 5.38. The van der Waals surface area contributed by atoms with E-state index < -0.39 is 0 Å². The molecular formula is C21H32. The molecule has 3 rings (SSSR count). The molecule has 0 aromatic heterocycles. The molecular weight excluding hydrogens is 252 g/mol. The van der Waals surface area contributed by atoms with Crippen molar-refractivity contribution >= 4 is 0 Å². The molecule has 0 aliphatic heterocycles. The second-order valence-electron chi connectivity index (χ2n) is 7.46. The minimum atomic E-state index is 0.837. The van der Waals surface area contributed by atoms with Gasteiger partial charge in [0.15, 0.2) is 0 Å². The van der Waals surface area contributed by atoms with Crippen LogP contribution in [0.4, 0.5) is 0 Å². The number of aryl methyl sites for hydroxylation is 1. The van der Waals surface area contributed by atoms with Gasteiger partial charge in [0.25, 0.3) is 0 Å². The van der Waals surface area contributed by atoms with Crippen molar-refractivity contribution in [3.63, 3.8) is 0 Å². The van der Waals surface area contributed by atoms with Crippen LogP contribution in [0.5, 0.6) is 0 Å². The zero-order chi connectivity index (χ0) is 14.5. The number of hydrogen-bond donors (Lipinski definition) is 0. The molecule has 0 heterocycles. The minimum Gasteiger partial charge on any atom is -0.0613 e. The van der Waals surface area contributed by atoms with Gasteiger partial charge in [-0.25, -0.2) is 0 Å². The van der Waals surface area contributed by atoms with Crippen molar-refractivity contribution < 1.29 is 0 Å². The summed E-state index contributed by atoms with van der Waals surface area (Å²) in [5, 5.41) is 0. The van der Waals surface area contributed by atoms with Gasteiger partial charge in [-0.1, -0.05) is 76.1 Å². The quantitative estimate of drug-likeness (QED) is 0.556. The Morgan fingerprint density at radius 3 is 2.10 bits per heavy atom. The van der Waals surface area contributed by atoms with Gasteiger partial charge in [0.1, 0.15) is 0 Å². The van der Waals surface area contributed by atoms with E-state index in [1.165, 1.54) is 69.8 Å². The van der Waals surface area contributed by atoms with Crippen LogP contribution in [0.25, 0.3) is 0 Å². The highest BCUT2D eigenvalue weighted by Crippen LogP contribution is 2.41. The first kappa shape index (κ1) is 15.1. The Hall–Kier alpha value is -0.780. The Morgan fingerprint density at radius 2 is 1.38 bits per heavy atom. The van der Waals surface area contributed by atoms with Crippen LogP contribution >= 0.6 is 0 Å². The third-order valence-corrected chi connectivity index (χ3v) is 6.19. The zero-order valence-corrected chi connectivity index (χ0v) is 13.8. The molecule has 0 saturated heterocycles. The first-order valence-corrected chi connectivity index (χ1v) is 9.45.